The van der Waals surface area contributed by atoms with Gasteiger partial charge < -0.3 is 4.98 Å². The summed E-state index contributed by atoms with van der Waals surface area (Å²) < 4.78 is 1.06. The monoisotopic (exact) mass is 325 g/mol. The smallest absolute Gasteiger partial charge is 0.306 e. The molecule has 122 valence electrons. The predicted molar refractivity (Wildman–Crippen MR) is 89.3 cm³/mol. The molecule has 1 amide bonds. The van der Waals surface area contributed by atoms with E-state index >= 15 is 0 Å². The van der Waals surface area contributed by atoms with Crippen molar-refractivity contribution >= 4 is 16.8 Å². The molecule has 0 bridgehead atoms. The number of carbonyl (C=O) groups is 1. The van der Waals surface area contributed by atoms with Crippen molar-refractivity contribution in [2.45, 2.75) is 0 Å². The van der Waals surface area contributed by atoms with Gasteiger partial charge in [0.05, 0.1) is 23.7 Å². The van der Waals surface area contributed by atoms with Crippen LogP contribution in [0.1, 0.15) is 10.4 Å². The third kappa shape index (κ3) is 2.61. The number of aromatic nitrogens is 2. The number of hydrogen-bond acceptors (Lipinski definition) is 4. The van der Waals surface area contributed by atoms with Crippen molar-refractivity contribution < 1.29 is 9.63 Å². The molecule has 0 aliphatic rings. The first-order valence-corrected chi connectivity index (χ1v) is 7.19. The van der Waals surface area contributed by atoms with Gasteiger partial charge in [-0.25, -0.2) is 14.4 Å². The Hall–Kier alpha value is -3.19. The third-order valence-corrected chi connectivity index (χ3v) is 3.72. The van der Waals surface area contributed by atoms with Gasteiger partial charge in [0, 0.05) is 12.6 Å². The van der Waals surface area contributed by atoms with Crippen molar-refractivity contribution in [1.29, 1.82) is 0 Å². The van der Waals surface area contributed by atoms with E-state index in [1.807, 2.05) is 0 Å². The predicted octanol–water partition coefficient (Wildman–Crippen LogP) is 1.31. The summed E-state index contributed by atoms with van der Waals surface area (Å²) in [6.07, 6.45) is 0. The Morgan fingerprint density at radius 1 is 1.12 bits per heavy atom. The number of aromatic amines is 1. The Labute approximate surface area is 136 Å². The summed E-state index contributed by atoms with van der Waals surface area (Å²) in [6, 6.07) is 13.1. The molecular formula is C17H15N3O4. The molecule has 2 aromatic carbocycles. The molecular weight excluding hydrogens is 310 g/mol. The van der Waals surface area contributed by atoms with Crippen LogP contribution in [0.2, 0.25) is 0 Å². The van der Waals surface area contributed by atoms with Crippen LogP contribution in [0.4, 0.5) is 0 Å². The van der Waals surface area contributed by atoms with E-state index in [2.05, 4.69) is 4.98 Å². The number of H-pyrrole nitrogens is 1. The lowest BCUT2D eigenvalue weighted by atomic mass is 10.1. The minimum Gasteiger partial charge on any atom is -0.306 e. The van der Waals surface area contributed by atoms with Gasteiger partial charge in [0.2, 0.25) is 0 Å². The van der Waals surface area contributed by atoms with Crippen LogP contribution < -0.4 is 11.2 Å². The Morgan fingerprint density at radius 2 is 1.83 bits per heavy atom. The zero-order chi connectivity index (χ0) is 17.3. The molecule has 0 aliphatic carbocycles. The van der Waals surface area contributed by atoms with E-state index < -0.39 is 11.2 Å². The molecule has 0 radical (unpaired) electrons. The summed E-state index contributed by atoms with van der Waals surface area (Å²) in [5.41, 5.74) is 0.0688. The highest BCUT2D eigenvalue weighted by atomic mass is 16.7. The summed E-state index contributed by atoms with van der Waals surface area (Å²) >= 11 is 0. The number of nitrogens with one attached hydrogen (secondary N) is 1. The van der Waals surface area contributed by atoms with Crippen LogP contribution in [-0.2, 0) is 4.84 Å². The molecule has 1 N–H and O–H groups in total. The van der Waals surface area contributed by atoms with Crippen molar-refractivity contribution in [3.8, 4) is 5.69 Å². The van der Waals surface area contributed by atoms with E-state index in [1.54, 1.807) is 30.3 Å². The first kappa shape index (κ1) is 15.7. The van der Waals surface area contributed by atoms with Crippen LogP contribution >= 0.6 is 0 Å². The summed E-state index contributed by atoms with van der Waals surface area (Å²) in [5, 5.41) is 1.37. The topological polar surface area (TPSA) is 84.4 Å². The number of carbonyl (C=O) groups excluding carboxylic acids is 1. The maximum absolute atomic E-state index is 12.6. The third-order valence-electron chi connectivity index (χ3n) is 3.72. The van der Waals surface area contributed by atoms with Crippen molar-refractivity contribution in [3.63, 3.8) is 0 Å². The highest BCUT2D eigenvalue weighted by molar-refractivity contribution is 5.97. The lowest BCUT2D eigenvalue weighted by Crippen LogP contribution is -2.33. The molecule has 1 aromatic heterocycles. The van der Waals surface area contributed by atoms with E-state index in [1.165, 1.54) is 32.4 Å². The van der Waals surface area contributed by atoms with Gasteiger partial charge in [0.25, 0.3) is 11.5 Å². The van der Waals surface area contributed by atoms with Crippen LogP contribution in [0.3, 0.4) is 0 Å². The average molecular weight is 325 g/mol. The first-order valence-electron chi connectivity index (χ1n) is 7.19. The van der Waals surface area contributed by atoms with E-state index in [0.29, 0.717) is 22.2 Å². The Morgan fingerprint density at radius 3 is 2.50 bits per heavy atom. The molecule has 1 heterocycles. The Bertz CT molecular complexity index is 1020. The zero-order valence-electron chi connectivity index (χ0n) is 13.1. The first-order chi connectivity index (χ1) is 11.5. The van der Waals surface area contributed by atoms with E-state index in [4.69, 9.17) is 4.84 Å². The normalized spacial score (nSPS) is 10.8. The van der Waals surface area contributed by atoms with Gasteiger partial charge in [-0.2, -0.15) is 0 Å². The van der Waals surface area contributed by atoms with Crippen LogP contribution in [0.15, 0.2) is 58.1 Å². The summed E-state index contributed by atoms with van der Waals surface area (Å²) in [4.78, 5) is 44.6. The lowest BCUT2D eigenvalue weighted by molar-refractivity contribution is -0.0756. The molecule has 3 rings (SSSR count). The largest absolute Gasteiger partial charge is 0.333 e. The lowest BCUT2D eigenvalue weighted by Gasteiger charge is -2.14. The van der Waals surface area contributed by atoms with Gasteiger partial charge in [0.1, 0.15) is 0 Å². The number of hydroxylamine groups is 2. The second-order valence-corrected chi connectivity index (χ2v) is 5.15. The van der Waals surface area contributed by atoms with Gasteiger partial charge in [-0.3, -0.25) is 14.4 Å². The van der Waals surface area contributed by atoms with Crippen LogP contribution in [0.5, 0.6) is 0 Å². The van der Waals surface area contributed by atoms with Crippen LogP contribution in [0.25, 0.3) is 16.6 Å². The molecule has 0 unspecified atom stereocenters. The van der Waals surface area contributed by atoms with Crippen molar-refractivity contribution in [2.24, 2.45) is 0 Å². The molecule has 0 saturated carbocycles. The number of rotatable bonds is 3. The van der Waals surface area contributed by atoms with E-state index in [0.717, 1.165) is 9.63 Å². The van der Waals surface area contributed by atoms with Gasteiger partial charge in [-0.15, -0.1) is 0 Å². The zero-order valence-corrected chi connectivity index (χ0v) is 13.1. The maximum atomic E-state index is 12.6. The molecule has 3 aromatic rings. The van der Waals surface area contributed by atoms with Crippen LogP contribution in [0, 0.1) is 0 Å². The second-order valence-electron chi connectivity index (χ2n) is 5.15. The number of hydrogen-bond donors (Lipinski definition) is 1. The summed E-state index contributed by atoms with van der Waals surface area (Å²) in [5.74, 6) is -0.382. The number of fused-ring (bicyclic) bond motifs is 1. The molecule has 7 heteroatoms. The highest BCUT2D eigenvalue weighted by Gasteiger charge is 2.14. The van der Waals surface area contributed by atoms with Crippen molar-refractivity contribution in [2.75, 3.05) is 14.2 Å². The Kier molecular flexibility index (Phi) is 4.01. The van der Waals surface area contributed by atoms with E-state index in [-0.39, 0.29) is 5.91 Å². The summed E-state index contributed by atoms with van der Waals surface area (Å²) in [6.45, 7) is 0. The number of para-hydroxylation sites is 1. The number of amides is 1. The van der Waals surface area contributed by atoms with Crippen molar-refractivity contribution in [1.82, 2.24) is 14.6 Å². The molecule has 24 heavy (non-hydrogen) atoms. The fourth-order valence-electron chi connectivity index (χ4n) is 2.43. The second kappa shape index (κ2) is 6.13. The summed E-state index contributed by atoms with van der Waals surface area (Å²) in [7, 11) is 2.85. The minimum absolute atomic E-state index is 0.299. The highest BCUT2D eigenvalue weighted by Crippen LogP contribution is 2.12. The molecule has 0 fully saturated rings. The molecule has 0 spiro atoms. The standard InChI is InChI=1S/C17H15N3O4/c1-19(24-2)15(21)11-8-9-13-14(10-11)18-17(23)20(16(13)22)12-6-4-3-5-7-12/h3-10H,1-2H3,(H,18,23). The Balaban J connectivity index is 2.20. The fraction of sp³-hybridized carbons (Fsp3) is 0.118. The van der Waals surface area contributed by atoms with E-state index in [9.17, 15) is 14.4 Å². The van der Waals surface area contributed by atoms with Crippen molar-refractivity contribution in [3.05, 3.63) is 74.9 Å². The fourth-order valence-corrected chi connectivity index (χ4v) is 2.43. The van der Waals surface area contributed by atoms with Gasteiger partial charge >= 0.3 is 5.69 Å². The SMILES string of the molecule is CON(C)C(=O)c1ccc2c(=O)n(-c3ccccc3)c(=O)[nH]c2c1. The van der Waals surface area contributed by atoms with Crippen LogP contribution in [-0.4, -0.2) is 34.7 Å². The number of nitrogens with zero attached hydrogens (tertiary/aromatic N) is 2. The molecule has 0 atom stereocenters. The van der Waals surface area contributed by atoms with Gasteiger partial charge in [-0.05, 0) is 30.3 Å². The molecule has 7 nitrogen and oxygen atoms in total. The maximum Gasteiger partial charge on any atom is 0.333 e. The molecule has 0 aliphatic heterocycles. The minimum atomic E-state index is -0.566. The average Bonchev–Trinajstić information content (AvgIpc) is 2.60. The van der Waals surface area contributed by atoms with Gasteiger partial charge in [-0.1, -0.05) is 18.2 Å². The molecule has 0 saturated heterocycles. The van der Waals surface area contributed by atoms with Gasteiger partial charge in [0.15, 0.2) is 0 Å². The quantitative estimate of drug-likeness (QED) is 0.736. The number of benzene rings is 2.